The van der Waals surface area contributed by atoms with E-state index in [0.29, 0.717) is 6.42 Å². The summed E-state index contributed by atoms with van der Waals surface area (Å²) in [5, 5.41) is 3.03. The second-order valence-electron chi connectivity index (χ2n) is 15.3. The minimum Gasteiger partial charge on any atom is -0.458 e. The minimum atomic E-state index is -2.20. The van der Waals surface area contributed by atoms with E-state index in [1.165, 1.54) is 0 Å². The van der Waals surface area contributed by atoms with Gasteiger partial charge in [-0.1, -0.05) is 75.7 Å². The van der Waals surface area contributed by atoms with Gasteiger partial charge in [0.05, 0.1) is 41.5 Å². The Morgan fingerprint density at radius 1 is 0.958 bits per heavy atom. The van der Waals surface area contributed by atoms with Crippen LogP contribution in [0.5, 0.6) is 0 Å². The third kappa shape index (κ3) is 10.2. The van der Waals surface area contributed by atoms with Gasteiger partial charge in [0.1, 0.15) is 11.9 Å². The number of esters is 1. The molecule has 0 saturated carbocycles. The Balaban J connectivity index is 2.05. The van der Waals surface area contributed by atoms with Crippen LogP contribution in [0.1, 0.15) is 119 Å². The van der Waals surface area contributed by atoms with Gasteiger partial charge in [-0.2, -0.15) is 0 Å². The van der Waals surface area contributed by atoms with Crippen molar-refractivity contribution in [1.82, 2.24) is 4.98 Å². The van der Waals surface area contributed by atoms with Crippen molar-refractivity contribution in [2.75, 3.05) is 0 Å². The maximum Gasteiger partial charge on any atom is 0.309 e. The molecule has 0 aliphatic carbocycles. The Labute approximate surface area is 298 Å². The third-order valence-corrected chi connectivity index (χ3v) is 22.1. The molecule has 274 valence electrons. The highest BCUT2D eigenvalue weighted by Gasteiger charge is 2.49. The molecule has 1 aromatic heterocycles. The average molecular weight is 722 g/mol. The largest absolute Gasteiger partial charge is 0.458 e. The zero-order chi connectivity index (χ0) is 35.9. The molecule has 1 aromatic rings. The van der Waals surface area contributed by atoms with Crippen LogP contribution < -0.4 is 0 Å². The Kier molecular flexibility index (Phi) is 15.3. The first-order valence-corrected chi connectivity index (χ1v) is 24.9. The van der Waals surface area contributed by atoms with Gasteiger partial charge < -0.3 is 18.3 Å². The second-order valence-corrected chi connectivity index (χ2v) is 25.8. The van der Waals surface area contributed by atoms with Crippen molar-refractivity contribution in [1.29, 1.82) is 0 Å². The molecular formula is C38H67NO6SSi2. The summed E-state index contributed by atoms with van der Waals surface area (Å²) in [5.74, 6) is -0.307. The number of hydrogen-bond acceptors (Lipinski definition) is 8. The second kappa shape index (κ2) is 17.8. The maximum absolute atomic E-state index is 14.9. The van der Waals surface area contributed by atoms with Crippen LogP contribution in [0.25, 0.3) is 6.08 Å². The van der Waals surface area contributed by atoms with Crippen molar-refractivity contribution in [2.45, 2.75) is 182 Å². The molecule has 48 heavy (non-hydrogen) atoms. The first-order chi connectivity index (χ1) is 22.6. The molecule has 0 aromatic carbocycles. The molecule has 3 rings (SSSR count). The molecule has 0 unspecified atom stereocenters. The van der Waals surface area contributed by atoms with Gasteiger partial charge in [0.15, 0.2) is 16.6 Å². The van der Waals surface area contributed by atoms with Crippen LogP contribution in [0.15, 0.2) is 11.0 Å². The van der Waals surface area contributed by atoms with Crippen molar-refractivity contribution < 1.29 is 27.9 Å². The number of rotatable bonds is 12. The number of epoxide rings is 1. The molecule has 0 spiro atoms. The Hall–Kier alpha value is -1.18. The van der Waals surface area contributed by atoms with Crippen LogP contribution in [0, 0.1) is 24.2 Å². The van der Waals surface area contributed by atoms with Crippen molar-refractivity contribution in [3.8, 4) is 0 Å². The number of carbonyl (C=O) groups is 2. The Bertz CT molecular complexity index is 1210. The lowest BCUT2D eigenvalue weighted by atomic mass is 9.73. The predicted octanol–water partition coefficient (Wildman–Crippen LogP) is 10.1. The van der Waals surface area contributed by atoms with Crippen molar-refractivity contribution >= 4 is 45.8 Å². The maximum atomic E-state index is 14.9. The van der Waals surface area contributed by atoms with E-state index in [0.717, 1.165) is 71.8 Å². The molecule has 7 nitrogen and oxygen atoms in total. The number of ketones is 1. The smallest absolute Gasteiger partial charge is 0.309 e. The van der Waals surface area contributed by atoms with Crippen LogP contribution >= 0.6 is 11.3 Å². The van der Waals surface area contributed by atoms with Crippen LogP contribution in [0.3, 0.4) is 0 Å². The minimum absolute atomic E-state index is 0.0351. The van der Waals surface area contributed by atoms with E-state index in [4.69, 9.17) is 18.3 Å². The lowest BCUT2D eigenvalue weighted by Gasteiger charge is -2.44. The molecule has 0 amide bonds. The average Bonchev–Trinajstić information content (AvgIpc) is 3.68. The van der Waals surface area contributed by atoms with Crippen molar-refractivity contribution in [2.24, 2.45) is 17.3 Å². The number of ether oxygens (including phenoxy) is 2. The van der Waals surface area contributed by atoms with Crippen LogP contribution in [0.4, 0.5) is 0 Å². The highest BCUT2D eigenvalue weighted by atomic mass is 32.1. The molecule has 2 aliphatic heterocycles. The van der Waals surface area contributed by atoms with Gasteiger partial charge in [0.2, 0.25) is 0 Å². The zero-order valence-corrected chi connectivity index (χ0v) is 35.1. The number of fused-ring (bicyclic) bond motifs is 1. The standard InChI is InChI=1S/C38H67NO6SSi2/c1-13-47(14-2,15-3)44-34-24-35(40)43-32(27(8)22-30-25-46-29(10)39-30)23-33-31(42-33)21-19-20-26(7)36(28(9)37(41)38(34,11)12)45-48(16-4,17-5)18-6/h22,25-26,28,31-34,36H,13-21,23-24H2,1-12H3/t26-,28+,31+,32-,33-,34-,36+/m0/s1. The number of cyclic esters (lactones) is 1. The van der Waals surface area contributed by atoms with E-state index >= 15 is 0 Å². The summed E-state index contributed by atoms with van der Waals surface area (Å²) in [6.07, 6.45) is 4.65. The number of hydrogen-bond donors (Lipinski definition) is 0. The number of Topliss-reactive ketones (excluding diaryl/α,β-unsaturated/α-hetero) is 1. The van der Waals surface area contributed by atoms with Crippen molar-refractivity contribution in [3.05, 3.63) is 21.7 Å². The third-order valence-electron chi connectivity index (χ3n) is 12.0. The van der Waals surface area contributed by atoms with Gasteiger partial charge in [-0.3, -0.25) is 9.59 Å². The molecule has 0 bridgehead atoms. The highest BCUT2D eigenvalue weighted by Crippen LogP contribution is 2.41. The first kappa shape index (κ1) is 41.2. The molecule has 10 heteroatoms. The fraction of sp³-hybridized carbons (Fsp3) is 0.816. The summed E-state index contributed by atoms with van der Waals surface area (Å²) < 4.78 is 26.9. The Morgan fingerprint density at radius 2 is 1.54 bits per heavy atom. The summed E-state index contributed by atoms with van der Waals surface area (Å²) in [5.41, 5.74) is 0.922. The lowest BCUT2D eigenvalue weighted by Crippen LogP contribution is -2.53. The van der Waals surface area contributed by atoms with E-state index in [-0.39, 0.29) is 48.3 Å². The normalized spacial score (nSPS) is 29.8. The van der Waals surface area contributed by atoms with Gasteiger partial charge in [0.25, 0.3) is 0 Å². The number of aromatic nitrogens is 1. The van der Waals surface area contributed by atoms with Crippen LogP contribution in [-0.4, -0.2) is 63.9 Å². The number of aryl methyl sites for hydroxylation is 1. The fourth-order valence-corrected chi connectivity index (χ4v) is 14.3. The summed E-state index contributed by atoms with van der Waals surface area (Å²) in [4.78, 5) is 33.5. The number of carbonyl (C=O) groups excluding carboxylic acids is 2. The van der Waals surface area contributed by atoms with Gasteiger partial charge in [-0.15, -0.1) is 11.3 Å². The van der Waals surface area contributed by atoms with Gasteiger partial charge in [0, 0.05) is 23.1 Å². The molecule has 2 fully saturated rings. The Morgan fingerprint density at radius 3 is 2.08 bits per heavy atom. The van der Waals surface area contributed by atoms with E-state index in [2.05, 4.69) is 60.4 Å². The molecule has 3 heterocycles. The van der Waals surface area contributed by atoms with Crippen LogP contribution in [0.2, 0.25) is 36.3 Å². The van der Waals surface area contributed by atoms with E-state index < -0.39 is 34.3 Å². The highest BCUT2D eigenvalue weighted by molar-refractivity contribution is 7.09. The zero-order valence-electron chi connectivity index (χ0n) is 32.3. The summed E-state index contributed by atoms with van der Waals surface area (Å²) in [6.45, 7) is 25.7. The summed E-state index contributed by atoms with van der Waals surface area (Å²) in [6, 6.07) is 5.92. The lowest BCUT2D eigenvalue weighted by molar-refractivity contribution is -0.153. The molecule has 2 saturated heterocycles. The van der Waals surface area contributed by atoms with Gasteiger partial charge >= 0.3 is 5.97 Å². The summed E-state index contributed by atoms with van der Waals surface area (Å²) in [7, 11) is -4.21. The van der Waals surface area contributed by atoms with Gasteiger partial charge in [-0.25, -0.2) is 4.98 Å². The van der Waals surface area contributed by atoms with E-state index in [9.17, 15) is 9.59 Å². The monoisotopic (exact) mass is 721 g/mol. The summed E-state index contributed by atoms with van der Waals surface area (Å²) >= 11 is 1.61. The van der Waals surface area contributed by atoms with Crippen molar-refractivity contribution in [3.63, 3.8) is 0 Å². The van der Waals surface area contributed by atoms with Gasteiger partial charge in [-0.05, 0) is 80.5 Å². The molecule has 7 atom stereocenters. The quantitative estimate of drug-likeness (QED) is 0.121. The van der Waals surface area contributed by atoms with Crippen LogP contribution in [-0.2, 0) is 27.9 Å². The molecular weight excluding hydrogens is 655 g/mol. The molecule has 2 aliphatic rings. The van der Waals surface area contributed by atoms with E-state index in [1.54, 1.807) is 11.3 Å². The fourth-order valence-electron chi connectivity index (χ4n) is 7.75. The molecule has 0 N–H and O–H groups in total. The SMILES string of the molecule is CC[Si](CC)(CC)O[C@@H]1[C@@H](C)CCC[C@H]2O[C@H]2C[C@@H](C(C)=Cc2csc(C)n2)OC(=O)C[C@H](O[Si](CC)(CC)CC)C(C)(C)C(=O)[C@@H]1C. The first-order valence-electron chi connectivity index (χ1n) is 19.0. The molecule has 0 radical (unpaired) electrons. The topological polar surface area (TPSA) is 87.2 Å². The predicted molar refractivity (Wildman–Crippen MR) is 203 cm³/mol. The van der Waals surface area contributed by atoms with E-state index in [1.807, 2.05) is 39.2 Å². The number of thiazole rings is 1. The number of nitrogens with zero attached hydrogens (tertiary/aromatic N) is 1.